The van der Waals surface area contributed by atoms with Crippen molar-refractivity contribution in [2.75, 3.05) is 0 Å². The second kappa shape index (κ2) is 4.99. The molecule has 90 valence electrons. The van der Waals surface area contributed by atoms with Crippen LogP contribution in [0.15, 0.2) is 46.3 Å². The van der Waals surface area contributed by atoms with Crippen LogP contribution < -0.4 is 0 Å². The Labute approximate surface area is 116 Å². The molecule has 3 rings (SSSR count). The van der Waals surface area contributed by atoms with Gasteiger partial charge in [-0.25, -0.2) is 0 Å². The minimum Gasteiger partial charge on any atom is -0.159 e. The number of aromatic nitrogens is 4. The van der Waals surface area contributed by atoms with E-state index in [2.05, 4.69) is 37.4 Å². The van der Waals surface area contributed by atoms with Crippen LogP contribution in [0.1, 0.15) is 4.88 Å². The average molecular weight is 321 g/mol. The van der Waals surface area contributed by atoms with E-state index >= 15 is 0 Å². The molecule has 18 heavy (non-hydrogen) atoms. The Hall–Kier alpha value is -1.53. The highest BCUT2D eigenvalue weighted by molar-refractivity contribution is 9.10. The fourth-order valence-electron chi connectivity index (χ4n) is 1.59. The Kier molecular flexibility index (Phi) is 3.21. The molecule has 0 fully saturated rings. The number of tetrazole rings is 1. The molecule has 0 atom stereocenters. The maximum Gasteiger partial charge on any atom is 0.204 e. The van der Waals surface area contributed by atoms with Crippen LogP contribution >= 0.6 is 27.3 Å². The number of hydrogen-bond donors (Lipinski definition) is 0. The summed E-state index contributed by atoms with van der Waals surface area (Å²) in [6, 6.07) is 11.9. The minimum atomic E-state index is 0.649. The lowest BCUT2D eigenvalue weighted by atomic mass is 10.2. The van der Waals surface area contributed by atoms with Gasteiger partial charge in [-0.05, 0) is 27.2 Å². The van der Waals surface area contributed by atoms with Crippen LogP contribution in [-0.4, -0.2) is 20.2 Å². The quantitative estimate of drug-likeness (QED) is 0.744. The smallest absolute Gasteiger partial charge is 0.159 e. The van der Waals surface area contributed by atoms with Gasteiger partial charge in [0.2, 0.25) is 5.82 Å². The lowest BCUT2D eigenvalue weighted by Crippen LogP contribution is -2.02. The molecule has 0 aliphatic carbocycles. The first-order valence-electron chi connectivity index (χ1n) is 5.37. The normalized spacial score (nSPS) is 10.7. The number of benzene rings is 1. The van der Waals surface area contributed by atoms with Crippen molar-refractivity contribution in [1.29, 1.82) is 0 Å². The molecule has 4 nitrogen and oxygen atoms in total. The first kappa shape index (κ1) is 11.6. The summed E-state index contributed by atoms with van der Waals surface area (Å²) in [7, 11) is 0. The van der Waals surface area contributed by atoms with E-state index < -0.39 is 0 Å². The standard InChI is InChI=1S/C12H9BrN4S/c13-10-6-11(18-8-10)7-17-15-12(14-16-17)9-4-2-1-3-5-9/h1-6,8H,7H2. The van der Waals surface area contributed by atoms with Crippen molar-refractivity contribution < 1.29 is 0 Å². The van der Waals surface area contributed by atoms with E-state index in [1.54, 1.807) is 16.1 Å². The van der Waals surface area contributed by atoms with Crippen molar-refractivity contribution in [3.63, 3.8) is 0 Å². The third-order valence-corrected chi connectivity index (χ3v) is 4.09. The van der Waals surface area contributed by atoms with Crippen LogP contribution in [0.2, 0.25) is 0 Å². The van der Waals surface area contributed by atoms with Gasteiger partial charge in [0.1, 0.15) is 0 Å². The molecule has 0 unspecified atom stereocenters. The Bertz CT molecular complexity index is 647. The summed E-state index contributed by atoms with van der Waals surface area (Å²) < 4.78 is 1.09. The predicted molar refractivity (Wildman–Crippen MR) is 74.4 cm³/mol. The van der Waals surface area contributed by atoms with Crippen molar-refractivity contribution >= 4 is 27.3 Å². The van der Waals surface area contributed by atoms with Crippen LogP contribution in [0.4, 0.5) is 0 Å². The largest absolute Gasteiger partial charge is 0.204 e. The maximum atomic E-state index is 4.37. The molecule has 0 spiro atoms. The van der Waals surface area contributed by atoms with Gasteiger partial charge >= 0.3 is 0 Å². The molecule has 0 N–H and O–H groups in total. The molecule has 0 aliphatic rings. The monoisotopic (exact) mass is 320 g/mol. The Morgan fingerprint density at radius 3 is 2.78 bits per heavy atom. The second-order valence-corrected chi connectivity index (χ2v) is 5.65. The number of halogens is 1. The Morgan fingerprint density at radius 2 is 2.06 bits per heavy atom. The van der Waals surface area contributed by atoms with Gasteiger partial charge in [-0.2, -0.15) is 4.80 Å². The zero-order chi connectivity index (χ0) is 12.4. The van der Waals surface area contributed by atoms with Gasteiger partial charge in [0, 0.05) is 20.3 Å². The fraction of sp³-hybridized carbons (Fsp3) is 0.0833. The predicted octanol–water partition coefficient (Wildman–Crippen LogP) is 3.21. The molecular formula is C12H9BrN4S. The minimum absolute atomic E-state index is 0.649. The van der Waals surface area contributed by atoms with Gasteiger partial charge in [-0.3, -0.25) is 0 Å². The number of nitrogens with zero attached hydrogens (tertiary/aromatic N) is 4. The van der Waals surface area contributed by atoms with Crippen molar-refractivity contribution in [1.82, 2.24) is 20.2 Å². The van der Waals surface area contributed by atoms with Crippen LogP contribution in [0.25, 0.3) is 11.4 Å². The first-order chi connectivity index (χ1) is 8.81. The van der Waals surface area contributed by atoms with E-state index in [9.17, 15) is 0 Å². The molecule has 0 radical (unpaired) electrons. The zero-order valence-corrected chi connectivity index (χ0v) is 11.7. The lowest BCUT2D eigenvalue weighted by molar-refractivity contribution is 0.578. The molecule has 0 saturated carbocycles. The van der Waals surface area contributed by atoms with Crippen molar-refractivity contribution in [2.24, 2.45) is 0 Å². The van der Waals surface area contributed by atoms with Crippen LogP contribution in [0.3, 0.4) is 0 Å². The van der Waals surface area contributed by atoms with Gasteiger partial charge < -0.3 is 0 Å². The highest BCUT2D eigenvalue weighted by atomic mass is 79.9. The van der Waals surface area contributed by atoms with Gasteiger partial charge in [-0.15, -0.1) is 21.5 Å². The zero-order valence-electron chi connectivity index (χ0n) is 9.32. The van der Waals surface area contributed by atoms with Crippen molar-refractivity contribution in [2.45, 2.75) is 6.54 Å². The highest BCUT2D eigenvalue weighted by Gasteiger charge is 2.06. The Morgan fingerprint density at radius 1 is 1.22 bits per heavy atom. The van der Waals surface area contributed by atoms with E-state index in [1.807, 2.05) is 35.7 Å². The topological polar surface area (TPSA) is 43.6 Å². The molecule has 2 aromatic heterocycles. The summed E-state index contributed by atoms with van der Waals surface area (Å²) >= 11 is 5.11. The summed E-state index contributed by atoms with van der Waals surface area (Å²) in [5.41, 5.74) is 0.983. The fourth-order valence-corrected chi connectivity index (χ4v) is 3.01. The average Bonchev–Trinajstić information content (AvgIpc) is 3.01. The SMILES string of the molecule is Brc1csc(Cn2nnc(-c3ccccc3)n2)c1. The third kappa shape index (κ3) is 2.49. The van der Waals surface area contributed by atoms with Gasteiger partial charge in [0.25, 0.3) is 0 Å². The summed E-state index contributed by atoms with van der Waals surface area (Å²) in [6.45, 7) is 0.649. The van der Waals surface area contributed by atoms with Gasteiger partial charge in [-0.1, -0.05) is 30.3 Å². The summed E-state index contributed by atoms with van der Waals surface area (Å²) in [6.07, 6.45) is 0. The van der Waals surface area contributed by atoms with E-state index in [1.165, 1.54) is 4.88 Å². The molecular weight excluding hydrogens is 312 g/mol. The van der Waals surface area contributed by atoms with Crippen molar-refractivity contribution in [3.8, 4) is 11.4 Å². The van der Waals surface area contributed by atoms with Crippen LogP contribution in [0, 0.1) is 0 Å². The molecule has 0 bridgehead atoms. The van der Waals surface area contributed by atoms with Gasteiger partial charge in [0.15, 0.2) is 0 Å². The molecule has 6 heteroatoms. The van der Waals surface area contributed by atoms with E-state index in [4.69, 9.17) is 0 Å². The van der Waals surface area contributed by atoms with E-state index in [-0.39, 0.29) is 0 Å². The van der Waals surface area contributed by atoms with Gasteiger partial charge in [0.05, 0.1) is 6.54 Å². The Balaban J connectivity index is 1.82. The number of rotatable bonds is 3. The lowest BCUT2D eigenvalue weighted by Gasteiger charge is -1.94. The molecule has 1 aromatic carbocycles. The highest BCUT2D eigenvalue weighted by Crippen LogP contribution is 2.20. The molecule has 2 heterocycles. The molecule has 0 aliphatic heterocycles. The molecule has 3 aromatic rings. The van der Waals surface area contributed by atoms with E-state index in [0.29, 0.717) is 12.4 Å². The summed E-state index contributed by atoms with van der Waals surface area (Å²) in [5, 5.41) is 14.5. The number of thiophene rings is 1. The van der Waals surface area contributed by atoms with Crippen molar-refractivity contribution in [3.05, 3.63) is 51.1 Å². The summed E-state index contributed by atoms with van der Waals surface area (Å²) in [4.78, 5) is 2.81. The molecule has 0 amide bonds. The van der Waals surface area contributed by atoms with Crippen LogP contribution in [-0.2, 0) is 6.54 Å². The summed E-state index contributed by atoms with van der Waals surface area (Å²) in [5.74, 6) is 0.659. The molecule has 0 saturated heterocycles. The van der Waals surface area contributed by atoms with Crippen LogP contribution in [0.5, 0.6) is 0 Å². The maximum absolute atomic E-state index is 4.37. The number of hydrogen-bond acceptors (Lipinski definition) is 4. The first-order valence-corrected chi connectivity index (χ1v) is 7.05. The third-order valence-electron chi connectivity index (χ3n) is 2.40. The second-order valence-electron chi connectivity index (χ2n) is 3.74. The van der Waals surface area contributed by atoms with E-state index in [0.717, 1.165) is 10.0 Å².